The number of hydrogen-bond donors (Lipinski definition) is 3. The van der Waals surface area contributed by atoms with Crippen molar-refractivity contribution in [2.75, 3.05) is 18.9 Å². The molecule has 0 aromatic carbocycles. The lowest BCUT2D eigenvalue weighted by Gasteiger charge is -2.05. The first-order valence-corrected chi connectivity index (χ1v) is 4.53. The van der Waals surface area contributed by atoms with E-state index in [1.54, 1.807) is 16.8 Å². The number of aliphatic hydroxyl groups is 1. The van der Waals surface area contributed by atoms with Crippen LogP contribution in [0.15, 0.2) is 12.3 Å². The molecule has 0 aliphatic carbocycles. The molecule has 0 radical (unpaired) electrons. The van der Waals surface area contributed by atoms with Gasteiger partial charge in [0.1, 0.15) is 5.69 Å². The Labute approximate surface area is 82.5 Å². The minimum atomic E-state index is -0.211. The zero-order valence-corrected chi connectivity index (χ0v) is 8.16. The second-order valence-corrected chi connectivity index (χ2v) is 2.92. The molecule has 0 fully saturated rings. The highest BCUT2D eigenvalue weighted by molar-refractivity contribution is 5.93. The third kappa shape index (κ3) is 2.26. The van der Waals surface area contributed by atoms with E-state index in [9.17, 15) is 4.79 Å². The average Bonchev–Trinajstić information content (AvgIpc) is 2.56. The molecule has 78 valence electrons. The van der Waals surface area contributed by atoms with Gasteiger partial charge in [0.15, 0.2) is 0 Å². The van der Waals surface area contributed by atoms with Gasteiger partial charge in [-0.3, -0.25) is 4.79 Å². The van der Waals surface area contributed by atoms with Crippen LogP contribution in [-0.2, 0) is 6.54 Å². The molecule has 0 saturated heterocycles. The van der Waals surface area contributed by atoms with Gasteiger partial charge in [0, 0.05) is 19.3 Å². The number of hydrogen-bond acceptors (Lipinski definition) is 3. The molecule has 0 unspecified atom stereocenters. The van der Waals surface area contributed by atoms with Gasteiger partial charge < -0.3 is 20.7 Å². The van der Waals surface area contributed by atoms with Gasteiger partial charge >= 0.3 is 0 Å². The highest BCUT2D eigenvalue weighted by atomic mass is 16.3. The lowest BCUT2D eigenvalue weighted by atomic mass is 10.4. The number of nitrogen functional groups attached to an aromatic ring is 1. The minimum absolute atomic E-state index is 0.0615. The van der Waals surface area contributed by atoms with Crippen LogP contribution >= 0.6 is 0 Å². The summed E-state index contributed by atoms with van der Waals surface area (Å²) in [5.74, 6) is -0.211. The maximum absolute atomic E-state index is 11.5. The van der Waals surface area contributed by atoms with Crippen LogP contribution in [0.1, 0.15) is 17.4 Å². The summed E-state index contributed by atoms with van der Waals surface area (Å²) < 4.78 is 1.77. The van der Waals surface area contributed by atoms with Crippen molar-refractivity contribution in [3.63, 3.8) is 0 Å². The molecule has 4 N–H and O–H groups in total. The SMILES string of the molecule is CCn1cc(N)cc1C(=O)NCCO. The molecule has 0 aliphatic heterocycles. The van der Waals surface area contributed by atoms with Crippen molar-refractivity contribution in [2.24, 2.45) is 0 Å². The molecule has 1 aromatic rings. The highest BCUT2D eigenvalue weighted by Gasteiger charge is 2.10. The number of amides is 1. The van der Waals surface area contributed by atoms with Gasteiger partial charge in [-0.25, -0.2) is 0 Å². The van der Waals surface area contributed by atoms with E-state index in [0.717, 1.165) is 0 Å². The van der Waals surface area contributed by atoms with Gasteiger partial charge in [0.2, 0.25) is 0 Å². The molecule has 1 rings (SSSR count). The van der Waals surface area contributed by atoms with Crippen LogP contribution in [0.2, 0.25) is 0 Å². The van der Waals surface area contributed by atoms with Crippen molar-refractivity contribution < 1.29 is 9.90 Å². The largest absolute Gasteiger partial charge is 0.397 e. The van der Waals surface area contributed by atoms with Crippen LogP contribution in [0, 0.1) is 0 Å². The van der Waals surface area contributed by atoms with Crippen molar-refractivity contribution in [2.45, 2.75) is 13.5 Å². The Balaban J connectivity index is 2.77. The van der Waals surface area contributed by atoms with Gasteiger partial charge in [0.05, 0.1) is 12.3 Å². The lowest BCUT2D eigenvalue weighted by molar-refractivity contribution is 0.0935. The van der Waals surface area contributed by atoms with Gasteiger partial charge in [0.25, 0.3) is 5.91 Å². The Hall–Kier alpha value is -1.49. The van der Waals surface area contributed by atoms with Crippen LogP contribution in [0.5, 0.6) is 0 Å². The van der Waals surface area contributed by atoms with Gasteiger partial charge in [-0.2, -0.15) is 0 Å². The molecule has 1 aromatic heterocycles. The van der Waals surface area contributed by atoms with Crippen molar-refractivity contribution in [3.05, 3.63) is 18.0 Å². The second kappa shape index (κ2) is 4.66. The van der Waals surface area contributed by atoms with Crippen molar-refractivity contribution >= 4 is 11.6 Å². The number of nitrogens with two attached hydrogens (primary N) is 1. The predicted octanol–water partition coefficient (Wildman–Crippen LogP) is -0.188. The summed E-state index contributed by atoms with van der Waals surface area (Å²) in [5, 5.41) is 11.1. The van der Waals surface area contributed by atoms with E-state index in [2.05, 4.69) is 5.32 Å². The Kier molecular flexibility index (Phi) is 3.53. The molecule has 14 heavy (non-hydrogen) atoms. The Morgan fingerprint density at radius 2 is 2.43 bits per heavy atom. The monoisotopic (exact) mass is 197 g/mol. The van der Waals surface area contributed by atoms with Crippen LogP contribution < -0.4 is 11.1 Å². The molecule has 0 bridgehead atoms. The zero-order valence-electron chi connectivity index (χ0n) is 8.16. The minimum Gasteiger partial charge on any atom is -0.397 e. The number of rotatable bonds is 4. The molecule has 1 heterocycles. The van der Waals surface area contributed by atoms with Crippen molar-refractivity contribution in [1.29, 1.82) is 0 Å². The molecular weight excluding hydrogens is 182 g/mol. The fraction of sp³-hybridized carbons (Fsp3) is 0.444. The number of aromatic nitrogens is 1. The van der Waals surface area contributed by atoms with E-state index in [-0.39, 0.29) is 19.1 Å². The normalized spacial score (nSPS) is 10.1. The van der Waals surface area contributed by atoms with Gasteiger partial charge in [-0.15, -0.1) is 0 Å². The Bertz CT molecular complexity index is 320. The molecule has 5 heteroatoms. The van der Waals surface area contributed by atoms with Crippen LogP contribution in [0.3, 0.4) is 0 Å². The fourth-order valence-corrected chi connectivity index (χ4v) is 1.25. The summed E-state index contributed by atoms with van der Waals surface area (Å²) in [7, 11) is 0. The fourth-order valence-electron chi connectivity index (χ4n) is 1.25. The first kappa shape index (κ1) is 10.6. The summed E-state index contributed by atoms with van der Waals surface area (Å²) >= 11 is 0. The molecule has 0 atom stereocenters. The standard InChI is InChI=1S/C9H15N3O2/c1-2-12-6-7(10)5-8(12)9(14)11-3-4-13/h5-6,13H,2-4,10H2,1H3,(H,11,14). The first-order chi connectivity index (χ1) is 6.69. The van der Waals surface area contributed by atoms with E-state index < -0.39 is 0 Å². The molecule has 1 amide bonds. The van der Waals surface area contributed by atoms with E-state index in [4.69, 9.17) is 10.8 Å². The number of aryl methyl sites for hydroxylation is 1. The maximum Gasteiger partial charge on any atom is 0.268 e. The zero-order chi connectivity index (χ0) is 10.6. The highest BCUT2D eigenvalue weighted by Crippen LogP contribution is 2.09. The van der Waals surface area contributed by atoms with Crippen LogP contribution in [-0.4, -0.2) is 28.7 Å². The summed E-state index contributed by atoms with van der Waals surface area (Å²) in [6.07, 6.45) is 1.72. The molecule has 0 aliphatic rings. The molecule has 0 spiro atoms. The topological polar surface area (TPSA) is 80.3 Å². The third-order valence-electron chi connectivity index (χ3n) is 1.89. The first-order valence-electron chi connectivity index (χ1n) is 4.53. The lowest BCUT2D eigenvalue weighted by Crippen LogP contribution is -2.28. The average molecular weight is 197 g/mol. The second-order valence-electron chi connectivity index (χ2n) is 2.92. The summed E-state index contributed by atoms with van der Waals surface area (Å²) in [5.41, 5.74) is 6.67. The van der Waals surface area contributed by atoms with Crippen LogP contribution in [0.25, 0.3) is 0 Å². The number of carbonyl (C=O) groups is 1. The molecular formula is C9H15N3O2. The summed E-state index contributed by atoms with van der Waals surface area (Å²) in [6.45, 7) is 2.82. The van der Waals surface area contributed by atoms with E-state index >= 15 is 0 Å². The van der Waals surface area contributed by atoms with E-state index in [1.165, 1.54) is 0 Å². The van der Waals surface area contributed by atoms with Gasteiger partial charge in [-0.05, 0) is 13.0 Å². The van der Waals surface area contributed by atoms with E-state index in [0.29, 0.717) is 17.9 Å². The van der Waals surface area contributed by atoms with E-state index in [1.807, 2.05) is 6.92 Å². The number of aliphatic hydroxyl groups excluding tert-OH is 1. The van der Waals surface area contributed by atoms with Crippen molar-refractivity contribution in [3.8, 4) is 0 Å². The molecule has 5 nitrogen and oxygen atoms in total. The summed E-state index contributed by atoms with van der Waals surface area (Å²) in [4.78, 5) is 11.5. The summed E-state index contributed by atoms with van der Waals surface area (Å²) in [6, 6.07) is 1.62. The molecule has 0 saturated carbocycles. The quantitative estimate of drug-likeness (QED) is 0.626. The van der Waals surface area contributed by atoms with Gasteiger partial charge in [-0.1, -0.05) is 0 Å². The number of carbonyl (C=O) groups excluding carboxylic acids is 1. The predicted molar refractivity (Wildman–Crippen MR) is 53.9 cm³/mol. The third-order valence-corrected chi connectivity index (χ3v) is 1.89. The Morgan fingerprint density at radius 3 is 3.00 bits per heavy atom. The Morgan fingerprint density at radius 1 is 1.71 bits per heavy atom. The van der Waals surface area contributed by atoms with Crippen molar-refractivity contribution in [1.82, 2.24) is 9.88 Å². The smallest absolute Gasteiger partial charge is 0.268 e. The van der Waals surface area contributed by atoms with Crippen LogP contribution in [0.4, 0.5) is 5.69 Å². The number of anilines is 1. The number of nitrogens with one attached hydrogen (secondary N) is 1. The number of nitrogens with zero attached hydrogens (tertiary/aromatic N) is 1. The maximum atomic E-state index is 11.5.